The summed E-state index contributed by atoms with van der Waals surface area (Å²) in [4.78, 5) is 17.1. The van der Waals surface area contributed by atoms with Crippen LogP contribution in [0.4, 0.5) is 24.7 Å². The van der Waals surface area contributed by atoms with Crippen LogP contribution >= 0.6 is 0 Å². The minimum Gasteiger partial charge on any atom is -0.364 e. The number of alkyl halides is 3. The van der Waals surface area contributed by atoms with Crippen molar-refractivity contribution in [3.8, 4) is 0 Å². The summed E-state index contributed by atoms with van der Waals surface area (Å²) >= 11 is 0. The molecule has 6 nitrogen and oxygen atoms in total. The van der Waals surface area contributed by atoms with Crippen LogP contribution in [0.1, 0.15) is 11.3 Å². The zero-order valence-electron chi connectivity index (χ0n) is 10.5. The molecule has 2 aromatic heterocycles. The van der Waals surface area contributed by atoms with Crippen molar-refractivity contribution in [2.75, 3.05) is 5.32 Å². The molecular weight excluding hydrogens is 289 g/mol. The highest BCUT2D eigenvalue weighted by atomic mass is 19.4. The van der Waals surface area contributed by atoms with E-state index < -0.39 is 22.4 Å². The number of pyridine rings is 2. The maximum atomic E-state index is 12.8. The summed E-state index contributed by atoms with van der Waals surface area (Å²) in [6.45, 7) is 0.156. The van der Waals surface area contributed by atoms with Crippen LogP contribution in [0.25, 0.3) is 0 Å². The first-order valence-electron chi connectivity index (χ1n) is 5.73. The highest BCUT2D eigenvalue weighted by Gasteiger charge is 2.38. The van der Waals surface area contributed by atoms with Crippen molar-refractivity contribution >= 4 is 11.5 Å². The fourth-order valence-corrected chi connectivity index (χ4v) is 1.60. The Kier molecular flexibility index (Phi) is 4.01. The molecule has 0 saturated carbocycles. The van der Waals surface area contributed by atoms with Crippen molar-refractivity contribution in [3.05, 3.63) is 58.0 Å². The molecule has 1 N–H and O–H groups in total. The maximum Gasteiger partial charge on any atom is 0.423 e. The Morgan fingerprint density at radius 2 is 2.05 bits per heavy atom. The van der Waals surface area contributed by atoms with Crippen molar-refractivity contribution in [2.24, 2.45) is 0 Å². The zero-order chi connectivity index (χ0) is 15.5. The lowest BCUT2D eigenvalue weighted by molar-refractivity contribution is -0.388. The number of anilines is 1. The predicted molar refractivity (Wildman–Crippen MR) is 67.5 cm³/mol. The molecule has 0 aromatic carbocycles. The van der Waals surface area contributed by atoms with Crippen LogP contribution in [0, 0.1) is 10.1 Å². The average molecular weight is 298 g/mol. The molecule has 21 heavy (non-hydrogen) atoms. The van der Waals surface area contributed by atoms with Gasteiger partial charge in [-0.05, 0) is 18.2 Å². The van der Waals surface area contributed by atoms with Gasteiger partial charge in [-0.25, -0.2) is 4.98 Å². The number of hydrogen-bond acceptors (Lipinski definition) is 5. The van der Waals surface area contributed by atoms with Gasteiger partial charge in [0.25, 0.3) is 5.69 Å². The SMILES string of the molecule is O=[N+]([O-])c1cnc(NCc2ccccn2)cc1C(F)(F)F. The number of nitrogens with one attached hydrogen (secondary N) is 1. The number of aromatic nitrogens is 2. The molecule has 2 rings (SSSR count). The van der Waals surface area contributed by atoms with Crippen molar-refractivity contribution in [3.63, 3.8) is 0 Å². The normalized spacial score (nSPS) is 11.2. The van der Waals surface area contributed by atoms with Crippen LogP contribution in [0.15, 0.2) is 36.7 Å². The van der Waals surface area contributed by atoms with E-state index in [1.807, 2.05) is 0 Å². The van der Waals surface area contributed by atoms with E-state index in [4.69, 9.17) is 0 Å². The summed E-state index contributed by atoms with van der Waals surface area (Å²) in [5.41, 5.74) is -1.82. The molecule has 0 aliphatic carbocycles. The van der Waals surface area contributed by atoms with Gasteiger partial charge < -0.3 is 5.32 Å². The van der Waals surface area contributed by atoms with Crippen molar-refractivity contribution < 1.29 is 18.1 Å². The summed E-state index contributed by atoms with van der Waals surface area (Å²) < 4.78 is 38.3. The predicted octanol–water partition coefficient (Wildman–Crippen LogP) is 3.02. The molecule has 9 heteroatoms. The van der Waals surface area contributed by atoms with E-state index in [1.165, 1.54) is 0 Å². The van der Waals surface area contributed by atoms with Gasteiger partial charge in [-0.15, -0.1) is 0 Å². The standard InChI is InChI=1S/C12H9F3N4O2/c13-12(14,15)9-5-11(18-7-10(9)19(20)21)17-6-8-3-1-2-4-16-8/h1-5,7H,6H2,(H,17,18). The van der Waals surface area contributed by atoms with Gasteiger partial charge in [0.1, 0.15) is 17.6 Å². The maximum absolute atomic E-state index is 12.8. The molecule has 2 heterocycles. The Labute approximate surface area is 116 Å². The Morgan fingerprint density at radius 1 is 1.29 bits per heavy atom. The highest BCUT2D eigenvalue weighted by Crippen LogP contribution is 2.36. The number of rotatable bonds is 4. The lowest BCUT2D eigenvalue weighted by Crippen LogP contribution is -2.11. The topological polar surface area (TPSA) is 81.0 Å². The molecule has 0 spiro atoms. The van der Waals surface area contributed by atoms with Crippen molar-refractivity contribution in [1.29, 1.82) is 0 Å². The third-order valence-corrected chi connectivity index (χ3v) is 2.56. The molecule has 110 valence electrons. The zero-order valence-corrected chi connectivity index (χ0v) is 10.5. The highest BCUT2D eigenvalue weighted by molar-refractivity contribution is 5.49. The van der Waals surface area contributed by atoms with Crippen LogP contribution < -0.4 is 5.32 Å². The molecule has 0 aliphatic heterocycles. The molecule has 0 bridgehead atoms. The van der Waals surface area contributed by atoms with Gasteiger partial charge in [-0.2, -0.15) is 13.2 Å². The quantitative estimate of drug-likeness (QED) is 0.693. The van der Waals surface area contributed by atoms with Crippen LogP contribution in [0.2, 0.25) is 0 Å². The van der Waals surface area contributed by atoms with Crippen LogP contribution in [-0.2, 0) is 12.7 Å². The molecule has 0 unspecified atom stereocenters. The summed E-state index contributed by atoms with van der Waals surface area (Å²) in [6.07, 6.45) is -2.70. The largest absolute Gasteiger partial charge is 0.423 e. The third-order valence-electron chi connectivity index (χ3n) is 2.56. The van der Waals surface area contributed by atoms with E-state index in [1.54, 1.807) is 24.4 Å². The van der Waals surface area contributed by atoms with Gasteiger partial charge in [0.2, 0.25) is 0 Å². The fraction of sp³-hybridized carbons (Fsp3) is 0.167. The first kappa shape index (κ1) is 14.7. The van der Waals surface area contributed by atoms with Gasteiger partial charge in [0.15, 0.2) is 0 Å². The van der Waals surface area contributed by atoms with Gasteiger partial charge in [-0.1, -0.05) is 6.07 Å². The van der Waals surface area contributed by atoms with E-state index in [2.05, 4.69) is 15.3 Å². The lowest BCUT2D eigenvalue weighted by atomic mass is 10.2. The number of nitrogens with zero attached hydrogens (tertiary/aromatic N) is 3. The van der Waals surface area contributed by atoms with Gasteiger partial charge >= 0.3 is 6.18 Å². The second-order valence-electron chi connectivity index (χ2n) is 4.02. The molecule has 0 saturated heterocycles. The van der Waals surface area contributed by atoms with Crippen LogP contribution in [0.3, 0.4) is 0 Å². The molecule has 0 aliphatic rings. The number of halogens is 3. The van der Waals surface area contributed by atoms with E-state index >= 15 is 0 Å². The minimum absolute atomic E-state index is 0.112. The molecule has 0 fully saturated rings. The fourth-order valence-electron chi connectivity index (χ4n) is 1.60. The molecular formula is C12H9F3N4O2. The first-order chi connectivity index (χ1) is 9.88. The summed E-state index contributed by atoms with van der Waals surface area (Å²) in [5.74, 6) is -0.112. The van der Waals surface area contributed by atoms with Gasteiger partial charge in [0, 0.05) is 6.20 Å². The van der Waals surface area contributed by atoms with Gasteiger partial charge in [-0.3, -0.25) is 15.1 Å². The van der Waals surface area contributed by atoms with E-state index in [0.717, 1.165) is 0 Å². The second kappa shape index (κ2) is 5.73. The lowest BCUT2D eigenvalue weighted by Gasteiger charge is -2.10. The Hall–Kier alpha value is -2.71. The third kappa shape index (κ3) is 3.65. The monoisotopic (exact) mass is 298 g/mol. The average Bonchev–Trinajstić information content (AvgIpc) is 2.45. The Bertz CT molecular complexity index is 647. The molecule has 2 aromatic rings. The summed E-state index contributed by atoms with van der Waals surface area (Å²) in [7, 11) is 0. The molecule has 0 amide bonds. The molecule has 0 atom stereocenters. The van der Waals surface area contributed by atoms with E-state index in [0.29, 0.717) is 18.0 Å². The van der Waals surface area contributed by atoms with Crippen molar-refractivity contribution in [1.82, 2.24) is 9.97 Å². The van der Waals surface area contributed by atoms with E-state index in [9.17, 15) is 23.3 Å². The van der Waals surface area contributed by atoms with Crippen molar-refractivity contribution in [2.45, 2.75) is 12.7 Å². The van der Waals surface area contributed by atoms with Crippen LogP contribution in [-0.4, -0.2) is 14.9 Å². The summed E-state index contributed by atoms with van der Waals surface area (Å²) in [6, 6.07) is 5.73. The van der Waals surface area contributed by atoms with Crippen LogP contribution in [0.5, 0.6) is 0 Å². The van der Waals surface area contributed by atoms with Gasteiger partial charge in [0.05, 0.1) is 17.2 Å². The minimum atomic E-state index is -4.83. The smallest absolute Gasteiger partial charge is 0.364 e. The first-order valence-corrected chi connectivity index (χ1v) is 5.73. The Morgan fingerprint density at radius 3 is 2.62 bits per heavy atom. The van der Waals surface area contributed by atoms with E-state index in [-0.39, 0.29) is 12.4 Å². The Balaban J connectivity index is 2.24. The number of hydrogen-bond donors (Lipinski definition) is 1. The number of nitro groups is 1. The second-order valence-corrected chi connectivity index (χ2v) is 4.02. The summed E-state index contributed by atoms with van der Waals surface area (Å²) in [5, 5.41) is 13.2. The molecule has 0 radical (unpaired) electrons.